The molecule has 1 heterocycles. The Labute approximate surface area is 119 Å². The molecule has 1 aromatic carbocycles. The summed E-state index contributed by atoms with van der Waals surface area (Å²) in [6.07, 6.45) is 3.62. The minimum atomic E-state index is -0.0573. The summed E-state index contributed by atoms with van der Waals surface area (Å²) in [5.41, 5.74) is 3.11. The van der Waals surface area contributed by atoms with Gasteiger partial charge in [-0.15, -0.1) is 0 Å². The Kier molecular flexibility index (Phi) is 4.85. The van der Waals surface area contributed by atoms with Crippen LogP contribution in [0.5, 0.6) is 0 Å². The lowest BCUT2D eigenvalue weighted by Gasteiger charge is -2.15. The molecule has 0 bridgehead atoms. The number of aromatic nitrogens is 1. The SMILES string of the molecule is CC(=O)Nc1cccc(C(C)NCc2cccnc2)c1. The van der Waals surface area contributed by atoms with Crippen molar-refractivity contribution in [1.29, 1.82) is 0 Å². The van der Waals surface area contributed by atoms with Crippen LogP contribution in [0.15, 0.2) is 48.8 Å². The Morgan fingerprint density at radius 3 is 2.85 bits per heavy atom. The molecule has 1 unspecified atom stereocenters. The van der Waals surface area contributed by atoms with Crippen LogP contribution in [0.4, 0.5) is 5.69 Å². The molecule has 1 atom stereocenters. The molecule has 1 aromatic heterocycles. The third kappa shape index (κ3) is 4.17. The van der Waals surface area contributed by atoms with E-state index >= 15 is 0 Å². The van der Waals surface area contributed by atoms with E-state index < -0.39 is 0 Å². The molecule has 0 saturated heterocycles. The second-order valence-corrected chi connectivity index (χ2v) is 4.77. The average molecular weight is 269 g/mol. The van der Waals surface area contributed by atoms with E-state index in [1.165, 1.54) is 6.92 Å². The van der Waals surface area contributed by atoms with E-state index in [1.807, 2.05) is 42.6 Å². The summed E-state index contributed by atoms with van der Waals surface area (Å²) in [6.45, 7) is 4.37. The molecule has 0 fully saturated rings. The van der Waals surface area contributed by atoms with Gasteiger partial charge in [-0.05, 0) is 36.2 Å². The van der Waals surface area contributed by atoms with Gasteiger partial charge in [-0.25, -0.2) is 0 Å². The van der Waals surface area contributed by atoms with Crippen molar-refractivity contribution in [3.63, 3.8) is 0 Å². The highest BCUT2D eigenvalue weighted by Gasteiger charge is 2.06. The van der Waals surface area contributed by atoms with Crippen molar-refractivity contribution < 1.29 is 4.79 Å². The maximum absolute atomic E-state index is 11.1. The highest BCUT2D eigenvalue weighted by atomic mass is 16.1. The lowest BCUT2D eigenvalue weighted by atomic mass is 10.1. The van der Waals surface area contributed by atoms with Gasteiger partial charge < -0.3 is 10.6 Å². The van der Waals surface area contributed by atoms with Crippen molar-refractivity contribution in [1.82, 2.24) is 10.3 Å². The number of hydrogen-bond donors (Lipinski definition) is 2. The number of rotatable bonds is 5. The topological polar surface area (TPSA) is 54.0 Å². The molecule has 2 rings (SSSR count). The van der Waals surface area contributed by atoms with Gasteiger partial charge >= 0.3 is 0 Å². The molecule has 1 amide bonds. The van der Waals surface area contributed by atoms with Crippen LogP contribution in [0.1, 0.15) is 31.0 Å². The monoisotopic (exact) mass is 269 g/mol. The van der Waals surface area contributed by atoms with Crippen LogP contribution in [0.2, 0.25) is 0 Å². The third-order valence-corrected chi connectivity index (χ3v) is 3.04. The largest absolute Gasteiger partial charge is 0.326 e. The van der Waals surface area contributed by atoms with Crippen molar-refractivity contribution in [2.24, 2.45) is 0 Å². The standard InChI is InChI=1S/C16H19N3O/c1-12(18-11-14-5-4-8-17-10-14)15-6-3-7-16(9-15)19-13(2)20/h3-10,12,18H,11H2,1-2H3,(H,19,20). The molecule has 0 aliphatic heterocycles. The number of pyridine rings is 1. The van der Waals surface area contributed by atoms with Crippen LogP contribution in [0.3, 0.4) is 0 Å². The minimum absolute atomic E-state index is 0.0573. The first-order chi connectivity index (χ1) is 9.65. The summed E-state index contributed by atoms with van der Waals surface area (Å²) in [5.74, 6) is -0.0573. The lowest BCUT2D eigenvalue weighted by Crippen LogP contribution is -2.18. The number of nitrogens with one attached hydrogen (secondary N) is 2. The van der Waals surface area contributed by atoms with Gasteiger partial charge in [-0.2, -0.15) is 0 Å². The third-order valence-electron chi connectivity index (χ3n) is 3.04. The lowest BCUT2D eigenvalue weighted by molar-refractivity contribution is -0.114. The number of anilines is 1. The predicted molar refractivity (Wildman–Crippen MR) is 80.2 cm³/mol. The quantitative estimate of drug-likeness (QED) is 0.877. The van der Waals surface area contributed by atoms with E-state index in [2.05, 4.69) is 22.5 Å². The Morgan fingerprint density at radius 2 is 2.15 bits per heavy atom. The molecule has 4 heteroatoms. The van der Waals surface area contributed by atoms with E-state index in [0.717, 1.165) is 23.4 Å². The van der Waals surface area contributed by atoms with Gasteiger partial charge in [0.1, 0.15) is 0 Å². The Bertz CT molecular complexity index is 569. The molecule has 20 heavy (non-hydrogen) atoms. The molecule has 0 aliphatic rings. The van der Waals surface area contributed by atoms with Gasteiger partial charge in [0, 0.05) is 37.6 Å². The smallest absolute Gasteiger partial charge is 0.221 e. The van der Waals surface area contributed by atoms with Gasteiger partial charge in [0.05, 0.1) is 0 Å². The summed E-state index contributed by atoms with van der Waals surface area (Å²) in [4.78, 5) is 15.2. The van der Waals surface area contributed by atoms with Crippen molar-refractivity contribution in [2.75, 3.05) is 5.32 Å². The van der Waals surface area contributed by atoms with Gasteiger partial charge in [-0.1, -0.05) is 18.2 Å². The molecule has 0 radical (unpaired) electrons. The van der Waals surface area contributed by atoms with E-state index in [4.69, 9.17) is 0 Å². The summed E-state index contributed by atoms with van der Waals surface area (Å²) >= 11 is 0. The molecule has 0 saturated carbocycles. The molecular weight excluding hydrogens is 250 g/mol. The highest BCUT2D eigenvalue weighted by molar-refractivity contribution is 5.88. The van der Waals surface area contributed by atoms with Crippen LogP contribution in [0, 0.1) is 0 Å². The normalized spacial score (nSPS) is 11.9. The van der Waals surface area contributed by atoms with E-state index in [9.17, 15) is 4.79 Å². The second-order valence-electron chi connectivity index (χ2n) is 4.77. The summed E-state index contributed by atoms with van der Waals surface area (Å²) in [7, 11) is 0. The second kappa shape index (κ2) is 6.82. The summed E-state index contributed by atoms with van der Waals surface area (Å²) in [5, 5.41) is 6.24. The number of nitrogens with zero attached hydrogens (tertiary/aromatic N) is 1. The van der Waals surface area contributed by atoms with Crippen LogP contribution in [-0.2, 0) is 11.3 Å². The maximum atomic E-state index is 11.1. The molecule has 2 N–H and O–H groups in total. The number of hydrogen-bond acceptors (Lipinski definition) is 3. The number of benzene rings is 1. The van der Waals surface area contributed by atoms with Gasteiger partial charge in [0.25, 0.3) is 0 Å². The number of amides is 1. The fraction of sp³-hybridized carbons (Fsp3) is 0.250. The Morgan fingerprint density at radius 1 is 1.30 bits per heavy atom. The van der Waals surface area contributed by atoms with Crippen molar-refractivity contribution in [3.8, 4) is 0 Å². The maximum Gasteiger partial charge on any atom is 0.221 e. The van der Waals surface area contributed by atoms with Crippen molar-refractivity contribution in [2.45, 2.75) is 26.4 Å². The molecule has 104 valence electrons. The predicted octanol–water partition coefficient (Wildman–Crippen LogP) is 2.89. The first kappa shape index (κ1) is 14.2. The van der Waals surface area contributed by atoms with E-state index in [0.29, 0.717) is 0 Å². The fourth-order valence-electron chi connectivity index (χ4n) is 1.98. The zero-order valence-corrected chi connectivity index (χ0v) is 11.8. The fourth-order valence-corrected chi connectivity index (χ4v) is 1.98. The first-order valence-corrected chi connectivity index (χ1v) is 6.65. The Hall–Kier alpha value is -2.20. The molecule has 0 spiro atoms. The molecular formula is C16H19N3O. The van der Waals surface area contributed by atoms with Crippen LogP contribution >= 0.6 is 0 Å². The zero-order valence-electron chi connectivity index (χ0n) is 11.8. The summed E-state index contributed by atoms with van der Waals surface area (Å²) < 4.78 is 0. The zero-order chi connectivity index (χ0) is 14.4. The van der Waals surface area contributed by atoms with E-state index in [-0.39, 0.29) is 11.9 Å². The minimum Gasteiger partial charge on any atom is -0.326 e. The van der Waals surface area contributed by atoms with Crippen LogP contribution < -0.4 is 10.6 Å². The number of carbonyl (C=O) groups is 1. The molecule has 4 nitrogen and oxygen atoms in total. The van der Waals surface area contributed by atoms with Crippen LogP contribution in [0.25, 0.3) is 0 Å². The molecule has 0 aliphatic carbocycles. The first-order valence-electron chi connectivity index (χ1n) is 6.65. The Balaban J connectivity index is 1.98. The van der Waals surface area contributed by atoms with Gasteiger partial charge in [0.2, 0.25) is 5.91 Å². The van der Waals surface area contributed by atoms with Gasteiger partial charge in [0.15, 0.2) is 0 Å². The highest BCUT2D eigenvalue weighted by Crippen LogP contribution is 2.17. The van der Waals surface area contributed by atoms with Crippen LogP contribution in [-0.4, -0.2) is 10.9 Å². The van der Waals surface area contributed by atoms with Crippen molar-refractivity contribution >= 4 is 11.6 Å². The van der Waals surface area contributed by atoms with Gasteiger partial charge in [-0.3, -0.25) is 9.78 Å². The molecule has 2 aromatic rings. The van der Waals surface area contributed by atoms with Crippen molar-refractivity contribution in [3.05, 3.63) is 59.9 Å². The summed E-state index contributed by atoms with van der Waals surface area (Å²) in [6, 6.07) is 12.0. The average Bonchev–Trinajstić information content (AvgIpc) is 2.45. The number of carbonyl (C=O) groups excluding carboxylic acids is 1. The van der Waals surface area contributed by atoms with E-state index in [1.54, 1.807) is 6.20 Å².